The molecular weight excluding hydrogens is 681 g/mol. The third-order valence-electron chi connectivity index (χ3n) is 5.57. The molecule has 1 aliphatic rings. The molecule has 4 heterocycles. The number of nitrogen functional groups attached to an aromatic ring is 1. The van der Waals surface area contributed by atoms with Gasteiger partial charge in [0.25, 0.3) is 23.5 Å². The van der Waals surface area contributed by atoms with E-state index in [4.69, 9.17) is 37.1 Å². The van der Waals surface area contributed by atoms with Gasteiger partial charge in [-0.3, -0.25) is 23.1 Å². The predicted molar refractivity (Wildman–Crippen MR) is 141 cm³/mol. The first-order valence-corrected chi connectivity index (χ1v) is 17.4. The van der Waals surface area contributed by atoms with Crippen molar-refractivity contribution < 1.29 is 65.4 Å². The van der Waals surface area contributed by atoms with Gasteiger partial charge in [0.15, 0.2) is 16.8 Å². The SMILES string of the molecule is COC1[C@@H](COP(=O)([O-])OP(=O)([O-])OP(=O)([O-])O)O[C@@H](n2cnc3c(=S)nc(N)[nH]c32)[C@H]1OCC(=O)NCc1ccsc1. The van der Waals surface area contributed by atoms with E-state index in [-0.39, 0.29) is 28.3 Å². The molecule has 0 aromatic carbocycles. The number of H-pyrrole nitrogens is 1. The number of aromatic nitrogens is 4. The third kappa shape index (κ3) is 9.04. The van der Waals surface area contributed by atoms with Gasteiger partial charge in [-0.05, 0) is 22.4 Å². The highest BCUT2D eigenvalue weighted by molar-refractivity contribution is 7.71. The quantitative estimate of drug-likeness (QED) is 0.118. The number of fused-ring (bicyclic) bond motifs is 1. The zero-order valence-electron chi connectivity index (χ0n) is 21.6. The first-order valence-electron chi connectivity index (χ1n) is 11.6. The lowest BCUT2D eigenvalue weighted by atomic mass is 10.1. The maximum absolute atomic E-state index is 12.5. The molecule has 0 radical (unpaired) electrons. The number of phosphoric ester groups is 1. The normalized spacial score (nSPS) is 24.8. The van der Waals surface area contributed by atoms with Crippen LogP contribution in [-0.4, -0.2) is 69.0 Å². The van der Waals surface area contributed by atoms with E-state index in [0.717, 1.165) is 5.56 Å². The fourth-order valence-corrected chi connectivity index (χ4v) is 7.76. The van der Waals surface area contributed by atoms with Gasteiger partial charge < -0.3 is 54.3 Å². The molecule has 25 heteroatoms. The van der Waals surface area contributed by atoms with Gasteiger partial charge in [-0.1, -0.05) is 12.2 Å². The standard InChI is InChI=1S/C18H25N6O14P3S2/c1-33-13-10(5-35-40(29,30)38-41(31,32)37-39(26,27)28)36-17(24-8-21-12-15(24)22-18(19)23-16(12)42)14(13)34-6-11(25)20-4-9-2-3-43-7-9/h2-3,7-8,10,13-14,17H,4-6H2,1H3,(H,20,25)(H,29,30)(H,31,32)(H2,26,27,28)(H3,19,22,23,42)/p-3/t10-,13?,14+,17-/m1/s1. The largest absolute Gasteiger partial charge is 0.756 e. The number of nitrogens with one attached hydrogen (secondary N) is 2. The van der Waals surface area contributed by atoms with Crippen molar-refractivity contribution in [2.45, 2.75) is 31.1 Å². The minimum Gasteiger partial charge on any atom is -0.756 e. The summed E-state index contributed by atoms with van der Waals surface area (Å²) in [6.45, 7) is -1.22. The van der Waals surface area contributed by atoms with Gasteiger partial charge >= 0.3 is 0 Å². The van der Waals surface area contributed by atoms with Crippen molar-refractivity contribution >= 4 is 70.0 Å². The number of carbonyl (C=O) groups is 1. The Bertz CT molecular complexity index is 1650. The average molecular weight is 703 g/mol. The first kappa shape index (κ1) is 33.9. The summed E-state index contributed by atoms with van der Waals surface area (Å²) in [4.78, 5) is 66.3. The Kier molecular flexibility index (Phi) is 10.7. The number of anilines is 1. The number of carbonyl (C=O) groups excluding carboxylic acids is 1. The minimum atomic E-state index is -6.13. The molecule has 0 saturated carbocycles. The molecule has 3 aromatic rings. The van der Waals surface area contributed by atoms with Crippen LogP contribution < -0.4 is 25.7 Å². The second-order valence-corrected chi connectivity index (χ2v) is 14.0. The summed E-state index contributed by atoms with van der Waals surface area (Å²) in [7, 11) is -16.7. The molecule has 0 spiro atoms. The number of nitrogens with two attached hydrogens (primary N) is 1. The van der Waals surface area contributed by atoms with Crippen LogP contribution >= 0.6 is 47.0 Å². The van der Waals surface area contributed by atoms with Gasteiger partial charge in [-0.2, -0.15) is 11.3 Å². The van der Waals surface area contributed by atoms with E-state index in [1.807, 2.05) is 16.8 Å². The van der Waals surface area contributed by atoms with Crippen LogP contribution in [0.3, 0.4) is 0 Å². The van der Waals surface area contributed by atoms with E-state index in [1.54, 1.807) is 0 Å². The van der Waals surface area contributed by atoms with Gasteiger partial charge in [-0.15, -0.1) is 0 Å². The molecule has 0 bridgehead atoms. The number of phosphoric acid groups is 3. The number of imidazole rings is 1. The molecule has 1 fully saturated rings. The van der Waals surface area contributed by atoms with Gasteiger partial charge in [-0.25, -0.2) is 18.6 Å². The van der Waals surface area contributed by atoms with Crippen LogP contribution in [-0.2, 0) is 52.4 Å². The maximum atomic E-state index is 12.5. The van der Waals surface area contributed by atoms with Crippen molar-refractivity contribution in [3.63, 3.8) is 0 Å². The molecule has 1 amide bonds. The molecule has 0 aliphatic carbocycles. The molecule has 20 nitrogen and oxygen atoms in total. The van der Waals surface area contributed by atoms with Crippen molar-refractivity contribution in [2.24, 2.45) is 0 Å². The zero-order valence-corrected chi connectivity index (χ0v) is 25.9. The first-order chi connectivity index (χ1) is 20.1. The summed E-state index contributed by atoms with van der Waals surface area (Å²) in [5.74, 6) is -0.573. The van der Waals surface area contributed by atoms with E-state index in [0.29, 0.717) is 0 Å². The maximum Gasteiger partial charge on any atom is 0.280 e. The van der Waals surface area contributed by atoms with Crippen LogP contribution in [0.25, 0.3) is 11.2 Å². The summed E-state index contributed by atoms with van der Waals surface area (Å²) < 4.78 is 64.5. The monoisotopic (exact) mass is 703 g/mol. The number of hydrogen-bond donors (Lipinski definition) is 4. The highest BCUT2D eigenvalue weighted by atomic mass is 32.1. The number of amides is 1. The van der Waals surface area contributed by atoms with Crippen LogP contribution in [0.5, 0.6) is 0 Å². The Morgan fingerprint density at radius 1 is 1.28 bits per heavy atom. The number of thiophene rings is 1. The van der Waals surface area contributed by atoms with E-state index in [9.17, 15) is 33.2 Å². The van der Waals surface area contributed by atoms with Gasteiger partial charge in [0.05, 0.1) is 12.9 Å². The predicted octanol–water partition coefficient (Wildman–Crippen LogP) is -0.806. The van der Waals surface area contributed by atoms with Gasteiger partial charge in [0, 0.05) is 13.7 Å². The fraction of sp³-hybridized carbons (Fsp3) is 0.444. The van der Waals surface area contributed by atoms with E-state index in [1.165, 1.54) is 29.3 Å². The van der Waals surface area contributed by atoms with Crippen LogP contribution in [0.2, 0.25) is 0 Å². The molecule has 4 rings (SSSR count). The van der Waals surface area contributed by atoms with Gasteiger partial charge in [0.2, 0.25) is 5.91 Å². The third-order valence-corrected chi connectivity index (χ3v) is 10.3. The molecule has 43 heavy (non-hydrogen) atoms. The molecule has 4 unspecified atom stereocenters. The lowest BCUT2D eigenvalue weighted by Crippen LogP contribution is -2.40. The fourth-order valence-electron chi connectivity index (χ4n) is 3.94. The van der Waals surface area contributed by atoms with Crippen LogP contribution in [0, 0.1) is 4.64 Å². The lowest BCUT2D eigenvalue weighted by Gasteiger charge is -2.33. The molecule has 7 atom stereocenters. The highest BCUT2D eigenvalue weighted by Crippen LogP contribution is 2.61. The van der Waals surface area contributed by atoms with Crippen molar-refractivity contribution in [2.75, 3.05) is 26.1 Å². The van der Waals surface area contributed by atoms with Crippen molar-refractivity contribution in [1.82, 2.24) is 24.8 Å². The number of methoxy groups -OCH3 is 1. The van der Waals surface area contributed by atoms with E-state index < -0.39 is 67.1 Å². The van der Waals surface area contributed by atoms with Crippen LogP contribution in [0.15, 0.2) is 23.2 Å². The van der Waals surface area contributed by atoms with Crippen molar-refractivity contribution in [1.29, 1.82) is 0 Å². The number of aromatic amines is 1. The van der Waals surface area contributed by atoms with Crippen LogP contribution in [0.1, 0.15) is 11.8 Å². The smallest absolute Gasteiger partial charge is 0.280 e. The second-order valence-electron chi connectivity index (χ2n) is 8.55. The average Bonchev–Trinajstić information content (AvgIpc) is 3.61. The second kappa shape index (κ2) is 13.6. The summed E-state index contributed by atoms with van der Waals surface area (Å²) in [5.41, 5.74) is 7.10. The van der Waals surface area contributed by atoms with E-state index in [2.05, 4.69) is 33.4 Å². The van der Waals surface area contributed by atoms with Gasteiger partial charge in [0.1, 0.15) is 36.1 Å². The summed E-state index contributed by atoms with van der Waals surface area (Å²) in [6.07, 6.45) is -3.56. The molecule has 3 aromatic heterocycles. The number of ether oxygens (including phenoxy) is 3. The van der Waals surface area contributed by atoms with E-state index >= 15 is 0 Å². The Hall–Kier alpha value is -1.97. The zero-order chi connectivity index (χ0) is 31.6. The van der Waals surface area contributed by atoms with Crippen molar-refractivity contribution in [3.8, 4) is 0 Å². The lowest BCUT2D eigenvalue weighted by molar-refractivity contribution is -0.250. The molecule has 1 aliphatic heterocycles. The minimum absolute atomic E-state index is 0.0515. The topological polar surface area (TPSA) is 298 Å². The summed E-state index contributed by atoms with van der Waals surface area (Å²) in [6, 6.07) is 1.83. The molecular formula is C18H22N6O14P3S2-3. The molecule has 238 valence electrons. The van der Waals surface area contributed by atoms with Crippen molar-refractivity contribution in [3.05, 3.63) is 33.4 Å². The molecule has 5 N–H and O–H groups in total. The van der Waals surface area contributed by atoms with Crippen LogP contribution in [0.4, 0.5) is 5.95 Å². The Morgan fingerprint density at radius 3 is 2.67 bits per heavy atom. The number of nitrogens with zero attached hydrogens (tertiary/aromatic N) is 3. The Balaban J connectivity index is 1.54. The highest BCUT2D eigenvalue weighted by Gasteiger charge is 2.48. The molecule has 1 saturated heterocycles. The Morgan fingerprint density at radius 2 is 2.02 bits per heavy atom. The summed E-state index contributed by atoms with van der Waals surface area (Å²) in [5, 5.41) is 6.37. The Labute approximate surface area is 250 Å². The number of rotatable bonds is 14. The summed E-state index contributed by atoms with van der Waals surface area (Å²) >= 11 is 6.64. The number of hydrogen-bond acceptors (Lipinski definition) is 18.